The predicted molar refractivity (Wildman–Crippen MR) is 75.4 cm³/mol. The maximum atomic E-state index is 8.94. The third-order valence-corrected chi connectivity index (χ3v) is 3.07. The van der Waals surface area contributed by atoms with Crippen LogP contribution in [-0.2, 0) is 6.61 Å². The minimum absolute atomic E-state index is 0.249. The highest BCUT2D eigenvalue weighted by Crippen LogP contribution is 2.25. The third-order valence-electron chi connectivity index (χ3n) is 3.07. The van der Waals surface area contributed by atoms with E-state index in [-0.39, 0.29) is 6.04 Å². The Kier molecular flexibility index (Phi) is 4.04. The molecule has 0 radical (unpaired) electrons. The van der Waals surface area contributed by atoms with Gasteiger partial charge in [0.2, 0.25) is 0 Å². The van der Waals surface area contributed by atoms with Gasteiger partial charge >= 0.3 is 0 Å². The van der Waals surface area contributed by atoms with Gasteiger partial charge in [-0.25, -0.2) is 9.67 Å². The van der Waals surface area contributed by atoms with E-state index in [2.05, 4.69) is 30.0 Å². The van der Waals surface area contributed by atoms with Gasteiger partial charge in [-0.3, -0.25) is 0 Å². The Hall–Kier alpha value is -2.35. The number of nitriles is 1. The highest BCUT2D eigenvalue weighted by Gasteiger charge is 2.11. The minimum Gasteiger partial charge on any atom is -0.485 e. The van der Waals surface area contributed by atoms with E-state index in [4.69, 9.17) is 10.00 Å². The lowest BCUT2D eigenvalue weighted by Crippen LogP contribution is -2.11. The van der Waals surface area contributed by atoms with Gasteiger partial charge in [-0.1, -0.05) is 0 Å². The Morgan fingerprint density at radius 1 is 1.30 bits per heavy atom. The van der Waals surface area contributed by atoms with Crippen LogP contribution in [0.5, 0.6) is 5.75 Å². The number of ether oxygens (including phenoxy) is 1. The van der Waals surface area contributed by atoms with Crippen LogP contribution >= 0.6 is 0 Å². The number of aryl methyl sites for hydroxylation is 2. The van der Waals surface area contributed by atoms with Gasteiger partial charge in [0.15, 0.2) is 5.82 Å². The smallest absolute Gasteiger partial charge is 0.165 e. The van der Waals surface area contributed by atoms with Crippen molar-refractivity contribution in [1.82, 2.24) is 14.8 Å². The number of hydrogen-bond donors (Lipinski definition) is 0. The molecule has 2 rings (SSSR count). The highest BCUT2D eigenvalue weighted by molar-refractivity contribution is 5.47. The summed E-state index contributed by atoms with van der Waals surface area (Å²) in [6, 6.07) is 6.05. The van der Waals surface area contributed by atoms with Gasteiger partial charge < -0.3 is 4.74 Å². The van der Waals surface area contributed by atoms with E-state index in [1.54, 1.807) is 0 Å². The van der Waals surface area contributed by atoms with Crippen molar-refractivity contribution >= 4 is 0 Å². The van der Waals surface area contributed by atoms with Crippen molar-refractivity contribution in [2.45, 2.75) is 40.3 Å². The SMILES string of the molecule is Cc1cc(C#N)cc(C)c1OCc1ncnn1C(C)C. The second kappa shape index (κ2) is 5.74. The van der Waals surface area contributed by atoms with Crippen LogP contribution in [0, 0.1) is 25.2 Å². The molecule has 0 aliphatic heterocycles. The molecule has 2 aromatic rings. The number of rotatable bonds is 4. The van der Waals surface area contributed by atoms with Crippen molar-refractivity contribution in [1.29, 1.82) is 5.26 Å². The average molecular weight is 270 g/mol. The van der Waals surface area contributed by atoms with Crippen molar-refractivity contribution in [3.63, 3.8) is 0 Å². The second-order valence-corrected chi connectivity index (χ2v) is 5.05. The zero-order chi connectivity index (χ0) is 14.7. The molecule has 0 N–H and O–H groups in total. The molecular weight excluding hydrogens is 252 g/mol. The van der Waals surface area contributed by atoms with Crippen LogP contribution in [0.4, 0.5) is 0 Å². The van der Waals surface area contributed by atoms with Crippen LogP contribution in [0.1, 0.15) is 42.4 Å². The van der Waals surface area contributed by atoms with Gasteiger partial charge in [-0.2, -0.15) is 10.4 Å². The molecule has 0 aliphatic carbocycles. The molecule has 0 amide bonds. The van der Waals surface area contributed by atoms with Crippen molar-refractivity contribution in [3.8, 4) is 11.8 Å². The lowest BCUT2D eigenvalue weighted by molar-refractivity contribution is 0.279. The number of nitrogens with zero attached hydrogens (tertiary/aromatic N) is 4. The van der Waals surface area contributed by atoms with E-state index < -0.39 is 0 Å². The topological polar surface area (TPSA) is 63.7 Å². The van der Waals surface area contributed by atoms with Gasteiger partial charge in [0.1, 0.15) is 18.7 Å². The molecule has 0 atom stereocenters. The second-order valence-electron chi connectivity index (χ2n) is 5.05. The third kappa shape index (κ3) is 2.80. The molecular formula is C15H18N4O. The van der Waals surface area contributed by atoms with Gasteiger partial charge in [-0.15, -0.1) is 0 Å². The Balaban J connectivity index is 2.19. The average Bonchev–Trinajstić information content (AvgIpc) is 2.86. The predicted octanol–water partition coefficient (Wildman–Crippen LogP) is 2.93. The Bertz CT molecular complexity index is 629. The minimum atomic E-state index is 0.249. The van der Waals surface area contributed by atoms with Gasteiger partial charge in [0.25, 0.3) is 0 Å². The largest absolute Gasteiger partial charge is 0.485 e. The fourth-order valence-corrected chi connectivity index (χ4v) is 2.19. The fraction of sp³-hybridized carbons (Fsp3) is 0.400. The zero-order valence-electron chi connectivity index (χ0n) is 12.2. The maximum Gasteiger partial charge on any atom is 0.165 e. The first-order valence-corrected chi connectivity index (χ1v) is 6.55. The van der Waals surface area contributed by atoms with E-state index in [1.807, 2.05) is 30.7 Å². The van der Waals surface area contributed by atoms with E-state index in [0.29, 0.717) is 12.2 Å². The highest BCUT2D eigenvalue weighted by atomic mass is 16.5. The number of benzene rings is 1. The van der Waals surface area contributed by atoms with Crippen LogP contribution in [0.25, 0.3) is 0 Å². The molecule has 5 nitrogen and oxygen atoms in total. The van der Waals surface area contributed by atoms with E-state index in [0.717, 1.165) is 22.7 Å². The normalized spacial score (nSPS) is 10.6. The molecule has 0 saturated heterocycles. The van der Waals surface area contributed by atoms with E-state index in [9.17, 15) is 0 Å². The fourth-order valence-electron chi connectivity index (χ4n) is 2.19. The first kappa shape index (κ1) is 14.1. The van der Waals surface area contributed by atoms with Crippen molar-refractivity contribution in [2.75, 3.05) is 0 Å². The molecule has 0 fully saturated rings. The quantitative estimate of drug-likeness (QED) is 0.856. The maximum absolute atomic E-state index is 8.94. The summed E-state index contributed by atoms with van der Waals surface area (Å²) < 4.78 is 7.71. The molecule has 20 heavy (non-hydrogen) atoms. The van der Waals surface area contributed by atoms with Crippen LogP contribution in [0.15, 0.2) is 18.5 Å². The summed E-state index contributed by atoms with van der Waals surface area (Å²) >= 11 is 0. The molecule has 0 spiro atoms. The number of aromatic nitrogens is 3. The van der Waals surface area contributed by atoms with Gasteiger partial charge in [-0.05, 0) is 51.0 Å². The van der Waals surface area contributed by atoms with Crippen LogP contribution in [-0.4, -0.2) is 14.8 Å². The van der Waals surface area contributed by atoms with E-state index >= 15 is 0 Å². The lowest BCUT2D eigenvalue weighted by atomic mass is 10.1. The molecule has 0 bridgehead atoms. The first-order chi connectivity index (χ1) is 9.52. The summed E-state index contributed by atoms with van der Waals surface area (Å²) in [5.41, 5.74) is 2.56. The van der Waals surface area contributed by atoms with Crippen LogP contribution < -0.4 is 4.74 Å². The summed E-state index contributed by atoms with van der Waals surface area (Å²) in [7, 11) is 0. The molecule has 0 saturated carbocycles. The van der Waals surface area contributed by atoms with Crippen molar-refractivity contribution in [3.05, 3.63) is 41.0 Å². The van der Waals surface area contributed by atoms with Crippen LogP contribution in [0.2, 0.25) is 0 Å². The monoisotopic (exact) mass is 270 g/mol. The van der Waals surface area contributed by atoms with Crippen LogP contribution in [0.3, 0.4) is 0 Å². The number of hydrogen-bond acceptors (Lipinski definition) is 4. The summed E-state index contributed by atoms with van der Waals surface area (Å²) in [6.07, 6.45) is 1.54. The molecule has 1 heterocycles. The molecule has 0 unspecified atom stereocenters. The van der Waals surface area contributed by atoms with Gasteiger partial charge in [0, 0.05) is 6.04 Å². The molecule has 1 aromatic heterocycles. The summed E-state index contributed by atoms with van der Waals surface area (Å²) in [4.78, 5) is 4.22. The summed E-state index contributed by atoms with van der Waals surface area (Å²) in [6.45, 7) is 8.35. The summed E-state index contributed by atoms with van der Waals surface area (Å²) in [5.74, 6) is 1.60. The summed E-state index contributed by atoms with van der Waals surface area (Å²) in [5, 5.41) is 13.1. The Morgan fingerprint density at radius 3 is 2.50 bits per heavy atom. The van der Waals surface area contributed by atoms with E-state index in [1.165, 1.54) is 6.33 Å². The van der Waals surface area contributed by atoms with Crippen molar-refractivity contribution < 1.29 is 4.74 Å². The first-order valence-electron chi connectivity index (χ1n) is 6.55. The lowest BCUT2D eigenvalue weighted by Gasteiger charge is -2.14. The van der Waals surface area contributed by atoms with Gasteiger partial charge in [0.05, 0.1) is 11.6 Å². The molecule has 104 valence electrons. The molecule has 5 heteroatoms. The molecule has 1 aromatic carbocycles. The van der Waals surface area contributed by atoms with Crippen molar-refractivity contribution in [2.24, 2.45) is 0 Å². The molecule has 0 aliphatic rings. The zero-order valence-corrected chi connectivity index (χ0v) is 12.2. The Labute approximate surface area is 118 Å². The standard InChI is InChI=1S/C15H18N4O/c1-10(2)19-14(17-9-18-19)8-20-15-11(3)5-13(7-16)6-12(15)4/h5-6,9-10H,8H2,1-4H3. The Morgan fingerprint density at radius 2 is 1.95 bits per heavy atom.